The van der Waals surface area contributed by atoms with Gasteiger partial charge in [-0.15, -0.1) is 22.7 Å². The standard InChI is InChI=1S/C17H12N2S.C11H6ClNS/c1-2-6-12(7-3-1)18-17-14-10-11-20-16(14)13-8-4-5-9-15(13)19-17;12-11-8-5-6-14-10(8)7-3-1-2-4-9(7)13-11/h1-11H,(H,18,19);1-6H. The van der Waals surface area contributed by atoms with Gasteiger partial charge in [-0.1, -0.05) is 66.2 Å². The number of benzene rings is 3. The first kappa shape index (κ1) is 21.1. The molecule has 6 heteroatoms. The molecule has 3 aromatic carbocycles. The molecule has 164 valence electrons. The number of nitrogens with zero attached hydrogens (tertiary/aromatic N) is 2. The summed E-state index contributed by atoms with van der Waals surface area (Å²) in [7, 11) is 0. The van der Waals surface area contributed by atoms with Gasteiger partial charge in [-0.25, -0.2) is 9.97 Å². The number of anilines is 2. The summed E-state index contributed by atoms with van der Waals surface area (Å²) >= 11 is 9.54. The number of thiophene rings is 2. The Morgan fingerprint density at radius 3 is 1.82 bits per heavy atom. The average molecular weight is 496 g/mol. The van der Waals surface area contributed by atoms with E-state index in [1.54, 1.807) is 22.7 Å². The highest BCUT2D eigenvalue weighted by atomic mass is 35.5. The monoisotopic (exact) mass is 495 g/mol. The van der Waals surface area contributed by atoms with Crippen molar-refractivity contribution in [3.63, 3.8) is 0 Å². The van der Waals surface area contributed by atoms with Crippen molar-refractivity contribution in [1.29, 1.82) is 0 Å². The van der Waals surface area contributed by atoms with Gasteiger partial charge in [0.1, 0.15) is 11.0 Å². The molecular formula is C28H18ClN3S2. The smallest absolute Gasteiger partial charge is 0.139 e. The van der Waals surface area contributed by atoms with Crippen LogP contribution in [0.4, 0.5) is 11.5 Å². The van der Waals surface area contributed by atoms with E-state index in [-0.39, 0.29) is 0 Å². The summed E-state index contributed by atoms with van der Waals surface area (Å²) in [5.74, 6) is 0.922. The maximum absolute atomic E-state index is 6.07. The summed E-state index contributed by atoms with van der Waals surface area (Å²) < 4.78 is 2.51. The number of para-hydroxylation sites is 3. The van der Waals surface area contributed by atoms with Crippen molar-refractivity contribution in [3.05, 3.63) is 107 Å². The third-order valence-electron chi connectivity index (χ3n) is 5.59. The van der Waals surface area contributed by atoms with E-state index in [0.717, 1.165) is 27.9 Å². The lowest BCUT2D eigenvalue weighted by Gasteiger charge is -2.09. The van der Waals surface area contributed by atoms with E-state index in [2.05, 4.69) is 58.1 Å². The van der Waals surface area contributed by atoms with Crippen LogP contribution in [-0.2, 0) is 0 Å². The van der Waals surface area contributed by atoms with Gasteiger partial charge in [0.2, 0.25) is 0 Å². The Bertz CT molecular complexity index is 1760. The molecule has 7 aromatic rings. The zero-order chi connectivity index (χ0) is 22.9. The van der Waals surface area contributed by atoms with Gasteiger partial charge in [0, 0.05) is 36.6 Å². The quantitative estimate of drug-likeness (QED) is 0.243. The van der Waals surface area contributed by atoms with Crippen LogP contribution in [-0.4, -0.2) is 9.97 Å². The maximum atomic E-state index is 6.07. The minimum absolute atomic E-state index is 0.597. The lowest BCUT2D eigenvalue weighted by molar-refractivity contribution is 1.40. The molecule has 1 N–H and O–H groups in total. The SMILES string of the molecule is Clc1nc2ccccc2c2sccc12.c1ccc(Nc2nc3ccccc3c3sccc23)cc1. The lowest BCUT2D eigenvalue weighted by atomic mass is 10.2. The third-order valence-corrected chi connectivity index (χ3v) is 7.78. The minimum atomic E-state index is 0.597. The number of nitrogens with one attached hydrogen (secondary N) is 1. The maximum Gasteiger partial charge on any atom is 0.139 e. The highest BCUT2D eigenvalue weighted by Crippen LogP contribution is 2.35. The Balaban J connectivity index is 0.000000136. The number of aromatic nitrogens is 2. The van der Waals surface area contributed by atoms with Gasteiger partial charge in [-0.3, -0.25) is 0 Å². The van der Waals surface area contributed by atoms with Gasteiger partial charge in [0.15, 0.2) is 0 Å². The number of fused-ring (bicyclic) bond motifs is 6. The molecule has 0 fully saturated rings. The summed E-state index contributed by atoms with van der Waals surface area (Å²) in [4.78, 5) is 9.11. The van der Waals surface area contributed by atoms with Gasteiger partial charge in [0.05, 0.1) is 11.0 Å². The van der Waals surface area contributed by atoms with Crippen molar-refractivity contribution in [1.82, 2.24) is 9.97 Å². The van der Waals surface area contributed by atoms with E-state index in [4.69, 9.17) is 16.6 Å². The molecule has 0 amide bonds. The molecule has 0 saturated carbocycles. The van der Waals surface area contributed by atoms with Crippen molar-refractivity contribution in [3.8, 4) is 0 Å². The molecule has 3 nitrogen and oxygen atoms in total. The molecule has 0 aliphatic heterocycles. The van der Waals surface area contributed by atoms with E-state index in [9.17, 15) is 0 Å². The van der Waals surface area contributed by atoms with Crippen LogP contribution in [0, 0.1) is 0 Å². The minimum Gasteiger partial charge on any atom is -0.340 e. The van der Waals surface area contributed by atoms with Crippen LogP contribution in [0.25, 0.3) is 42.0 Å². The number of hydrogen-bond donors (Lipinski definition) is 1. The van der Waals surface area contributed by atoms with Crippen LogP contribution in [0.1, 0.15) is 0 Å². The predicted octanol–water partition coefficient (Wildman–Crippen LogP) is 9.30. The topological polar surface area (TPSA) is 37.8 Å². The van der Waals surface area contributed by atoms with Crippen LogP contribution in [0.2, 0.25) is 5.15 Å². The first-order valence-electron chi connectivity index (χ1n) is 10.8. The first-order chi connectivity index (χ1) is 16.8. The van der Waals surface area contributed by atoms with Gasteiger partial charge < -0.3 is 5.32 Å². The zero-order valence-corrected chi connectivity index (χ0v) is 20.3. The van der Waals surface area contributed by atoms with Gasteiger partial charge in [-0.2, -0.15) is 0 Å². The summed E-state index contributed by atoms with van der Waals surface area (Å²) in [5.41, 5.74) is 3.05. The second-order valence-electron chi connectivity index (χ2n) is 7.72. The average Bonchev–Trinajstić information content (AvgIpc) is 3.57. The number of rotatable bonds is 2. The van der Waals surface area contributed by atoms with Crippen molar-refractivity contribution < 1.29 is 0 Å². The van der Waals surface area contributed by atoms with E-state index in [1.165, 1.54) is 25.6 Å². The second-order valence-corrected chi connectivity index (χ2v) is 9.91. The Morgan fingerprint density at radius 2 is 1.12 bits per heavy atom. The normalized spacial score (nSPS) is 11.1. The molecule has 0 aliphatic rings. The Morgan fingerprint density at radius 1 is 0.559 bits per heavy atom. The highest BCUT2D eigenvalue weighted by Gasteiger charge is 2.09. The molecule has 34 heavy (non-hydrogen) atoms. The zero-order valence-electron chi connectivity index (χ0n) is 17.9. The fourth-order valence-electron chi connectivity index (χ4n) is 4.01. The molecule has 0 radical (unpaired) electrons. The molecular weight excluding hydrogens is 478 g/mol. The van der Waals surface area contributed by atoms with Crippen molar-refractivity contribution >= 4 is 87.8 Å². The van der Waals surface area contributed by atoms with Crippen LogP contribution >= 0.6 is 34.3 Å². The van der Waals surface area contributed by atoms with Crippen LogP contribution in [0.5, 0.6) is 0 Å². The molecule has 0 unspecified atom stereocenters. The highest BCUT2D eigenvalue weighted by molar-refractivity contribution is 7.18. The second kappa shape index (κ2) is 9.03. The van der Waals surface area contributed by atoms with Gasteiger partial charge >= 0.3 is 0 Å². The third kappa shape index (κ3) is 3.88. The number of halogens is 1. The largest absolute Gasteiger partial charge is 0.340 e. The molecule has 7 rings (SSSR count). The van der Waals surface area contributed by atoms with E-state index in [1.807, 2.05) is 53.9 Å². The van der Waals surface area contributed by atoms with Crippen LogP contribution in [0.3, 0.4) is 0 Å². The molecule has 0 saturated heterocycles. The molecule has 0 spiro atoms. The van der Waals surface area contributed by atoms with Crippen molar-refractivity contribution in [2.75, 3.05) is 5.32 Å². The Labute approximate surface area is 209 Å². The summed E-state index contributed by atoms with van der Waals surface area (Å²) in [6.07, 6.45) is 0. The molecule has 0 atom stereocenters. The predicted molar refractivity (Wildman–Crippen MR) is 149 cm³/mol. The number of pyridine rings is 2. The summed E-state index contributed by atoms with van der Waals surface area (Å²) in [6.45, 7) is 0. The first-order valence-corrected chi connectivity index (χ1v) is 12.9. The Kier molecular flexibility index (Phi) is 5.59. The van der Waals surface area contributed by atoms with Crippen molar-refractivity contribution in [2.45, 2.75) is 0 Å². The van der Waals surface area contributed by atoms with Crippen molar-refractivity contribution in [2.24, 2.45) is 0 Å². The molecule has 4 heterocycles. The molecule has 4 aromatic heterocycles. The van der Waals surface area contributed by atoms with E-state index in [0.29, 0.717) is 5.15 Å². The van der Waals surface area contributed by atoms with E-state index >= 15 is 0 Å². The number of hydrogen-bond acceptors (Lipinski definition) is 5. The summed E-state index contributed by atoms with van der Waals surface area (Å²) in [6, 6.07) is 30.7. The van der Waals surface area contributed by atoms with Crippen LogP contribution in [0.15, 0.2) is 102 Å². The van der Waals surface area contributed by atoms with Crippen LogP contribution < -0.4 is 5.32 Å². The lowest BCUT2D eigenvalue weighted by Crippen LogP contribution is -1.94. The van der Waals surface area contributed by atoms with E-state index < -0.39 is 0 Å². The fraction of sp³-hybridized carbons (Fsp3) is 0. The Hall–Kier alpha value is -3.51. The molecule has 0 aliphatic carbocycles. The summed E-state index contributed by atoms with van der Waals surface area (Å²) in [5, 5.41) is 12.8. The molecule has 0 bridgehead atoms. The van der Waals surface area contributed by atoms with Gasteiger partial charge in [0.25, 0.3) is 0 Å². The van der Waals surface area contributed by atoms with Gasteiger partial charge in [-0.05, 0) is 47.2 Å². The fourth-order valence-corrected chi connectivity index (χ4v) is 6.18.